The number of nitrogens with zero attached hydrogens (tertiary/aromatic N) is 1. The smallest absolute Gasteiger partial charge is 0.0546 e. The fraction of sp³-hybridized carbons (Fsp3) is 1.00. The maximum Gasteiger partial charge on any atom is 0.0546 e. The van der Waals surface area contributed by atoms with E-state index in [1.54, 1.807) is 0 Å². The Morgan fingerprint density at radius 2 is 2.18 bits per heavy atom. The molecule has 1 aliphatic heterocycles. The number of hydrogen-bond donors (Lipinski definition) is 1. The van der Waals surface area contributed by atoms with Crippen LogP contribution in [0.4, 0.5) is 0 Å². The van der Waals surface area contributed by atoms with Gasteiger partial charge in [0, 0.05) is 31.7 Å². The summed E-state index contributed by atoms with van der Waals surface area (Å²) in [5.41, 5.74) is 0.353. The summed E-state index contributed by atoms with van der Waals surface area (Å²) >= 11 is 0. The van der Waals surface area contributed by atoms with Crippen molar-refractivity contribution >= 4 is 0 Å². The minimum absolute atomic E-state index is 0.353. The lowest BCUT2D eigenvalue weighted by molar-refractivity contribution is -0.0248. The van der Waals surface area contributed by atoms with E-state index in [9.17, 15) is 0 Å². The van der Waals surface area contributed by atoms with Gasteiger partial charge >= 0.3 is 0 Å². The topological polar surface area (TPSA) is 24.5 Å². The van der Waals surface area contributed by atoms with Crippen LogP contribution in [0.25, 0.3) is 0 Å². The third-order valence-corrected chi connectivity index (χ3v) is 4.36. The molecule has 2 fully saturated rings. The highest BCUT2D eigenvalue weighted by Crippen LogP contribution is 2.31. The van der Waals surface area contributed by atoms with Crippen molar-refractivity contribution in [2.75, 3.05) is 46.9 Å². The highest BCUT2D eigenvalue weighted by molar-refractivity contribution is 4.87. The standard InChI is InChI=1S/C14H28N2O/c1-15-10-14(7-4-8-17-12-14)11-16(2)9-13-5-3-6-13/h13,15H,3-12H2,1-2H3. The fourth-order valence-electron chi connectivity index (χ4n) is 3.36. The lowest BCUT2D eigenvalue weighted by Crippen LogP contribution is -2.48. The van der Waals surface area contributed by atoms with Crippen LogP contribution < -0.4 is 5.32 Å². The molecule has 1 saturated heterocycles. The van der Waals surface area contributed by atoms with Gasteiger partial charge in [0.2, 0.25) is 0 Å². The molecule has 0 aromatic carbocycles. The van der Waals surface area contributed by atoms with Crippen LogP contribution in [0.2, 0.25) is 0 Å². The Morgan fingerprint density at radius 1 is 1.35 bits per heavy atom. The second kappa shape index (κ2) is 6.17. The zero-order valence-corrected chi connectivity index (χ0v) is 11.5. The molecule has 1 N–H and O–H groups in total. The van der Waals surface area contributed by atoms with Gasteiger partial charge in [-0.15, -0.1) is 0 Å². The van der Waals surface area contributed by atoms with Crippen LogP contribution in [0.5, 0.6) is 0 Å². The van der Waals surface area contributed by atoms with E-state index in [-0.39, 0.29) is 0 Å². The summed E-state index contributed by atoms with van der Waals surface area (Å²) < 4.78 is 5.72. The molecule has 1 heterocycles. The molecule has 0 aromatic heterocycles. The summed E-state index contributed by atoms with van der Waals surface area (Å²) in [6.45, 7) is 5.44. The Labute approximate surface area is 106 Å². The van der Waals surface area contributed by atoms with Crippen LogP contribution in [0.3, 0.4) is 0 Å². The second-order valence-corrected chi connectivity index (χ2v) is 6.18. The van der Waals surface area contributed by atoms with Crippen LogP contribution in [0.1, 0.15) is 32.1 Å². The molecule has 2 rings (SSSR count). The molecule has 1 aliphatic carbocycles. The minimum Gasteiger partial charge on any atom is -0.381 e. The quantitative estimate of drug-likeness (QED) is 0.765. The van der Waals surface area contributed by atoms with Gasteiger partial charge in [-0.2, -0.15) is 0 Å². The monoisotopic (exact) mass is 240 g/mol. The maximum absolute atomic E-state index is 5.72. The van der Waals surface area contributed by atoms with E-state index in [2.05, 4.69) is 24.3 Å². The molecule has 3 nitrogen and oxygen atoms in total. The highest BCUT2D eigenvalue weighted by Gasteiger charge is 2.34. The average molecular weight is 240 g/mol. The average Bonchev–Trinajstić information content (AvgIpc) is 2.25. The van der Waals surface area contributed by atoms with Crippen molar-refractivity contribution in [1.82, 2.24) is 10.2 Å². The molecule has 1 unspecified atom stereocenters. The van der Waals surface area contributed by atoms with Crippen molar-refractivity contribution in [3.63, 3.8) is 0 Å². The van der Waals surface area contributed by atoms with Crippen molar-refractivity contribution < 1.29 is 4.74 Å². The molecule has 2 aliphatic rings. The molecule has 1 saturated carbocycles. The van der Waals surface area contributed by atoms with E-state index in [4.69, 9.17) is 4.74 Å². The first-order chi connectivity index (χ1) is 8.24. The largest absolute Gasteiger partial charge is 0.381 e. The summed E-state index contributed by atoms with van der Waals surface area (Å²) in [5.74, 6) is 0.969. The Bertz CT molecular complexity index is 217. The van der Waals surface area contributed by atoms with Crippen molar-refractivity contribution in [3.8, 4) is 0 Å². The number of ether oxygens (including phenoxy) is 1. The van der Waals surface area contributed by atoms with E-state index in [0.717, 1.165) is 25.7 Å². The van der Waals surface area contributed by atoms with E-state index < -0.39 is 0 Å². The van der Waals surface area contributed by atoms with Crippen molar-refractivity contribution in [2.24, 2.45) is 11.3 Å². The Balaban J connectivity index is 1.82. The second-order valence-electron chi connectivity index (χ2n) is 6.18. The Hall–Kier alpha value is -0.120. The number of nitrogens with one attached hydrogen (secondary N) is 1. The molecule has 0 radical (unpaired) electrons. The summed E-state index contributed by atoms with van der Waals surface area (Å²) in [7, 11) is 4.34. The first-order valence-electron chi connectivity index (χ1n) is 7.15. The molecule has 0 bridgehead atoms. The zero-order valence-electron chi connectivity index (χ0n) is 11.5. The van der Waals surface area contributed by atoms with Gasteiger partial charge in [-0.05, 0) is 45.7 Å². The molecule has 0 aromatic rings. The lowest BCUT2D eigenvalue weighted by Gasteiger charge is -2.41. The molecule has 3 heteroatoms. The van der Waals surface area contributed by atoms with Gasteiger partial charge in [0.15, 0.2) is 0 Å². The number of rotatable bonds is 6. The molecule has 1 atom stereocenters. The van der Waals surface area contributed by atoms with E-state index in [1.807, 2.05) is 0 Å². The summed E-state index contributed by atoms with van der Waals surface area (Å²) in [4.78, 5) is 2.54. The van der Waals surface area contributed by atoms with Gasteiger partial charge in [-0.25, -0.2) is 0 Å². The molecule has 0 spiro atoms. The first kappa shape index (κ1) is 13.3. The summed E-state index contributed by atoms with van der Waals surface area (Å²) in [5, 5.41) is 3.36. The molecular weight excluding hydrogens is 212 g/mol. The Kier molecular flexibility index (Phi) is 4.83. The van der Waals surface area contributed by atoms with Gasteiger partial charge in [0.05, 0.1) is 6.61 Å². The zero-order chi connectivity index (χ0) is 12.1. The highest BCUT2D eigenvalue weighted by atomic mass is 16.5. The van der Waals surface area contributed by atoms with Crippen molar-refractivity contribution in [3.05, 3.63) is 0 Å². The molecular formula is C14H28N2O. The first-order valence-corrected chi connectivity index (χ1v) is 7.15. The predicted molar refractivity (Wildman–Crippen MR) is 71.3 cm³/mol. The Morgan fingerprint density at radius 3 is 2.71 bits per heavy atom. The normalized spacial score (nSPS) is 30.5. The van der Waals surface area contributed by atoms with Gasteiger partial charge in [-0.3, -0.25) is 0 Å². The maximum atomic E-state index is 5.72. The van der Waals surface area contributed by atoms with Crippen LogP contribution in [0, 0.1) is 11.3 Å². The van der Waals surface area contributed by atoms with Crippen LogP contribution in [0.15, 0.2) is 0 Å². The summed E-state index contributed by atoms with van der Waals surface area (Å²) in [6.07, 6.45) is 6.87. The SMILES string of the molecule is CNCC1(CN(C)CC2CCC2)CCCOC1. The fourth-order valence-corrected chi connectivity index (χ4v) is 3.36. The third-order valence-electron chi connectivity index (χ3n) is 4.36. The van der Waals surface area contributed by atoms with Crippen molar-refractivity contribution in [1.29, 1.82) is 0 Å². The van der Waals surface area contributed by atoms with E-state index in [0.29, 0.717) is 5.41 Å². The summed E-state index contributed by atoms with van der Waals surface area (Å²) in [6, 6.07) is 0. The third kappa shape index (κ3) is 3.67. The van der Waals surface area contributed by atoms with E-state index in [1.165, 1.54) is 45.2 Å². The predicted octanol–water partition coefficient (Wildman–Crippen LogP) is 1.73. The minimum atomic E-state index is 0.353. The number of hydrogen-bond acceptors (Lipinski definition) is 3. The van der Waals surface area contributed by atoms with Crippen LogP contribution in [-0.4, -0.2) is 51.8 Å². The lowest BCUT2D eigenvalue weighted by atomic mass is 9.80. The van der Waals surface area contributed by atoms with Gasteiger partial charge < -0.3 is 15.0 Å². The molecule has 17 heavy (non-hydrogen) atoms. The molecule has 100 valence electrons. The van der Waals surface area contributed by atoms with Crippen LogP contribution >= 0.6 is 0 Å². The van der Waals surface area contributed by atoms with Gasteiger partial charge in [0.1, 0.15) is 0 Å². The van der Waals surface area contributed by atoms with Crippen molar-refractivity contribution in [2.45, 2.75) is 32.1 Å². The molecule has 0 amide bonds. The van der Waals surface area contributed by atoms with Gasteiger partial charge in [0.25, 0.3) is 0 Å². The van der Waals surface area contributed by atoms with E-state index >= 15 is 0 Å². The van der Waals surface area contributed by atoms with Gasteiger partial charge in [-0.1, -0.05) is 6.42 Å². The van der Waals surface area contributed by atoms with Crippen LogP contribution in [-0.2, 0) is 4.74 Å².